The van der Waals surface area contributed by atoms with Crippen molar-refractivity contribution < 1.29 is 0 Å². The Morgan fingerprint density at radius 2 is 1.59 bits per heavy atom. The lowest BCUT2D eigenvalue weighted by Crippen LogP contribution is -2.22. The van der Waals surface area contributed by atoms with Crippen molar-refractivity contribution in [3.63, 3.8) is 0 Å². The van der Waals surface area contributed by atoms with Crippen molar-refractivity contribution in [1.29, 1.82) is 0 Å². The van der Waals surface area contributed by atoms with Crippen LogP contribution in [0.25, 0.3) is 10.1 Å². The fraction of sp³-hybridized carbons (Fsp3) is 0.579. The van der Waals surface area contributed by atoms with Gasteiger partial charge >= 0.3 is 0 Å². The highest BCUT2D eigenvalue weighted by molar-refractivity contribution is 7.79. The third-order valence-corrected chi connectivity index (χ3v) is 15.0. The molecule has 3 aliphatic rings. The van der Waals surface area contributed by atoms with E-state index in [1.54, 1.807) is 16.5 Å². The summed E-state index contributed by atoms with van der Waals surface area (Å²) in [4.78, 5) is 0. The standard InChI is InChI=1S/C19H24P2S/c1-12-7-9-14-11-15-10-8-13(2)21(15)19-18(20(12)14)16-5-3-4-6-17(16)22-19/h3-6,12-15H,7-11H2,1-2H3/t12-,13-,14+,15+,20?,21?/m1/s1. The second kappa shape index (κ2) is 5.27. The molecule has 1 aromatic carbocycles. The molecule has 2 saturated heterocycles. The smallest absolute Gasteiger partial charge is 0.0372 e. The molecule has 116 valence electrons. The van der Waals surface area contributed by atoms with Crippen molar-refractivity contribution in [1.82, 2.24) is 0 Å². The molecular formula is C19H24P2S. The van der Waals surface area contributed by atoms with Gasteiger partial charge in [0, 0.05) is 20.0 Å². The lowest BCUT2D eigenvalue weighted by Gasteiger charge is -2.23. The molecule has 5 rings (SSSR count). The third-order valence-electron chi connectivity index (χ3n) is 6.16. The molecule has 0 aliphatic carbocycles. The Kier molecular flexibility index (Phi) is 3.45. The summed E-state index contributed by atoms with van der Waals surface area (Å²) in [5.74, 6) is 0. The summed E-state index contributed by atoms with van der Waals surface area (Å²) in [5, 5.41) is 3.54. The average Bonchev–Trinajstić information content (AvgIpc) is 3.14. The molecule has 0 saturated carbocycles. The molecule has 0 spiro atoms. The molecule has 0 N–H and O–H groups in total. The summed E-state index contributed by atoms with van der Waals surface area (Å²) < 4.78 is 3.48. The maximum Gasteiger partial charge on any atom is 0.0372 e. The fourth-order valence-corrected chi connectivity index (χ4v) is 15.8. The van der Waals surface area contributed by atoms with E-state index in [-0.39, 0.29) is 15.8 Å². The van der Waals surface area contributed by atoms with Gasteiger partial charge in [0.05, 0.1) is 0 Å². The summed E-state index contributed by atoms with van der Waals surface area (Å²) >= 11 is 2.19. The highest BCUT2D eigenvalue weighted by Gasteiger charge is 2.47. The molecule has 2 fully saturated rings. The Hall–Kier alpha value is 0.0400. The summed E-state index contributed by atoms with van der Waals surface area (Å²) in [5.41, 5.74) is 4.03. The van der Waals surface area contributed by atoms with Crippen LogP contribution < -0.4 is 9.92 Å². The van der Waals surface area contributed by atoms with Gasteiger partial charge in [-0.05, 0) is 60.8 Å². The Bertz CT molecular complexity index is 721. The fourth-order valence-electron chi connectivity index (χ4n) is 5.13. The number of benzene rings is 1. The summed E-state index contributed by atoms with van der Waals surface area (Å²) in [6.45, 7) is 5.11. The van der Waals surface area contributed by atoms with E-state index < -0.39 is 0 Å². The number of fused-ring (bicyclic) bond motifs is 7. The second-order valence-corrected chi connectivity index (χ2v) is 14.6. The maximum atomic E-state index is 2.56. The van der Waals surface area contributed by atoms with Crippen LogP contribution in [0.4, 0.5) is 0 Å². The average molecular weight is 346 g/mol. The Morgan fingerprint density at radius 3 is 2.41 bits per heavy atom. The quantitative estimate of drug-likeness (QED) is 0.543. The van der Waals surface area contributed by atoms with E-state index in [4.69, 9.17) is 0 Å². The van der Waals surface area contributed by atoms with Crippen LogP contribution in [-0.2, 0) is 0 Å². The number of hydrogen-bond donors (Lipinski definition) is 0. The zero-order valence-electron chi connectivity index (χ0n) is 13.5. The molecule has 3 heteroatoms. The van der Waals surface area contributed by atoms with Crippen LogP contribution >= 0.6 is 27.2 Å². The van der Waals surface area contributed by atoms with Crippen molar-refractivity contribution in [2.24, 2.45) is 0 Å². The normalized spacial score (nSPS) is 40.3. The monoisotopic (exact) mass is 346 g/mol. The van der Waals surface area contributed by atoms with Gasteiger partial charge in [0.1, 0.15) is 0 Å². The molecule has 2 aromatic rings. The SMILES string of the molecule is C[C@@H]1CC[C@H]2C[C@@H]3CC[C@@H](C)P3c3c(sc4ccccc34)P21. The molecule has 3 aliphatic heterocycles. The van der Waals surface area contributed by atoms with Crippen LogP contribution in [0.5, 0.6) is 0 Å². The first-order valence-corrected chi connectivity index (χ1v) is 12.6. The Labute approximate surface area is 140 Å². The van der Waals surface area contributed by atoms with Crippen LogP contribution in [-0.4, -0.2) is 22.6 Å². The minimum Gasteiger partial charge on any atom is -0.135 e. The summed E-state index contributed by atoms with van der Waals surface area (Å²) in [7, 11) is 0.217. The van der Waals surface area contributed by atoms with Crippen molar-refractivity contribution in [3.8, 4) is 0 Å². The molecular weight excluding hydrogens is 322 g/mol. The molecule has 0 nitrogen and oxygen atoms in total. The van der Waals surface area contributed by atoms with E-state index in [1.165, 1.54) is 25.7 Å². The molecule has 1 aromatic heterocycles. The van der Waals surface area contributed by atoms with Gasteiger partial charge in [0.25, 0.3) is 0 Å². The predicted molar refractivity (Wildman–Crippen MR) is 105 cm³/mol. The second-order valence-electron chi connectivity index (χ2n) is 7.46. The van der Waals surface area contributed by atoms with Crippen molar-refractivity contribution in [2.75, 3.05) is 0 Å². The minimum atomic E-state index is 0.0964. The van der Waals surface area contributed by atoms with Gasteiger partial charge in [-0.2, -0.15) is 0 Å². The summed E-state index contributed by atoms with van der Waals surface area (Å²) in [6, 6.07) is 9.33. The van der Waals surface area contributed by atoms with E-state index in [0.29, 0.717) is 0 Å². The first-order chi connectivity index (χ1) is 10.7. The van der Waals surface area contributed by atoms with Crippen LogP contribution in [0.2, 0.25) is 0 Å². The van der Waals surface area contributed by atoms with Gasteiger partial charge < -0.3 is 0 Å². The van der Waals surface area contributed by atoms with Crippen LogP contribution in [0.3, 0.4) is 0 Å². The Morgan fingerprint density at radius 1 is 0.909 bits per heavy atom. The highest BCUT2D eigenvalue weighted by atomic mass is 32.1. The maximum absolute atomic E-state index is 2.56. The molecule has 22 heavy (non-hydrogen) atoms. The van der Waals surface area contributed by atoms with Gasteiger partial charge in [0.2, 0.25) is 0 Å². The number of thiophene rings is 1. The van der Waals surface area contributed by atoms with E-state index >= 15 is 0 Å². The van der Waals surface area contributed by atoms with Gasteiger partial charge in [-0.3, -0.25) is 0 Å². The van der Waals surface area contributed by atoms with Crippen molar-refractivity contribution in [3.05, 3.63) is 24.3 Å². The van der Waals surface area contributed by atoms with Crippen molar-refractivity contribution >= 4 is 47.2 Å². The van der Waals surface area contributed by atoms with Crippen LogP contribution in [0.1, 0.15) is 46.0 Å². The van der Waals surface area contributed by atoms with Crippen molar-refractivity contribution in [2.45, 2.75) is 68.6 Å². The lowest BCUT2D eigenvalue weighted by atomic mass is 10.1. The van der Waals surface area contributed by atoms with E-state index in [0.717, 1.165) is 22.6 Å². The van der Waals surface area contributed by atoms with E-state index in [2.05, 4.69) is 49.4 Å². The molecule has 6 atom stereocenters. The van der Waals surface area contributed by atoms with Gasteiger partial charge in [0.15, 0.2) is 0 Å². The van der Waals surface area contributed by atoms with E-state index in [1.807, 2.05) is 9.92 Å². The molecule has 0 radical (unpaired) electrons. The Balaban J connectivity index is 1.79. The number of hydrogen-bond acceptors (Lipinski definition) is 1. The lowest BCUT2D eigenvalue weighted by molar-refractivity contribution is 0.643. The van der Waals surface area contributed by atoms with Crippen LogP contribution in [0, 0.1) is 0 Å². The third kappa shape index (κ3) is 1.95. The van der Waals surface area contributed by atoms with Gasteiger partial charge in [-0.1, -0.05) is 47.9 Å². The topological polar surface area (TPSA) is 0 Å². The largest absolute Gasteiger partial charge is 0.135 e. The predicted octanol–water partition coefficient (Wildman–Crippen LogP) is 5.62. The minimum absolute atomic E-state index is 0.0964. The summed E-state index contributed by atoms with van der Waals surface area (Å²) in [6.07, 6.45) is 7.59. The number of rotatable bonds is 0. The highest BCUT2D eigenvalue weighted by Crippen LogP contribution is 2.67. The van der Waals surface area contributed by atoms with Crippen LogP contribution in [0.15, 0.2) is 24.3 Å². The zero-order valence-corrected chi connectivity index (χ0v) is 16.1. The molecule has 4 heterocycles. The molecule has 2 unspecified atom stereocenters. The molecule has 0 bridgehead atoms. The molecule has 0 amide bonds. The zero-order chi connectivity index (χ0) is 14.8. The first kappa shape index (κ1) is 14.4. The van der Waals surface area contributed by atoms with Gasteiger partial charge in [-0.15, -0.1) is 11.3 Å². The van der Waals surface area contributed by atoms with Gasteiger partial charge in [-0.25, -0.2) is 0 Å². The first-order valence-electron chi connectivity index (χ1n) is 8.82. The van der Waals surface area contributed by atoms with E-state index in [9.17, 15) is 0 Å².